The van der Waals surface area contributed by atoms with Crippen molar-refractivity contribution >= 4 is 24.8 Å². The van der Waals surface area contributed by atoms with Gasteiger partial charge in [0, 0.05) is 19.1 Å². The van der Waals surface area contributed by atoms with E-state index in [1.165, 1.54) is 0 Å². The van der Waals surface area contributed by atoms with E-state index in [0.29, 0.717) is 18.7 Å². The molecule has 0 spiro atoms. The molecule has 0 aliphatic heterocycles. The molecule has 0 radical (unpaired) electrons. The van der Waals surface area contributed by atoms with Crippen molar-refractivity contribution in [3.63, 3.8) is 0 Å². The number of hydrogen-bond acceptors (Lipinski definition) is 4. The van der Waals surface area contributed by atoms with Gasteiger partial charge in [0.25, 0.3) is 0 Å². The molecule has 0 aliphatic carbocycles. The minimum atomic E-state index is 0. The van der Waals surface area contributed by atoms with E-state index < -0.39 is 0 Å². The van der Waals surface area contributed by atoms with Crippen LogP contribution in [0, 0.1) is 11.3 Å². The fourth-order valence-corrected chi connectivity index (χ4v) is 1.46. The number of rotatable bonds is 6. The van der Waals surface area contributed by atoms with Crippen LogP contribution in [0.1, 0.15) is 11.1 Å². The highest BCUT2D eigenvalue weighted by Gasteiger charge is 2.03. The number of nitrogens with zero attached hydrogens (tertiary/aromatic N) is 1. The van der Waals surface area contributed by atoms with Gasteiger partial charge in [-0.2, -0.15) is 5.26 Å². The van der Waals surface area contributed by atoms with Gasteiger partial charge in [0.2, 0.25) is 0 Å². The maximum Gasteiger partial charge on any atom is 0.0991 e. The van der Waals surface area contributed by atoms with Gasteiger partial charge in [-0.05, 0) is 24.1 Å². The maximum atomic E-state index is 8.65. The van der Waals surface area contributed by atoms with Gasteiger partial charge in [-0.15, -0.1) is 24.8 Å². The predicted molar refractivity (Wildman–Crippen MR) is 77.3 cm³/mol. The summed E-state index contributed by atoms with van der Waals surface area (Å²) in [5.41, 5.74) is 7.69. The Morgan fingerprint density at radius 3 is 2.39 bits per heavy atom. The largest absolute Gasteiger partial charge is 0.395 e. The molecule has 1 unspecified atom stereocenters. The van der Waals surface area contributed by atoms with E-state index >= 15 is 0 Å². The summed E-state index contributed by atoms with van der Waals surface area (Å²) in [6.45, 7) is 1.38. The quantitative estimate of drug-likeness (QED) is 0.679. The molecule has 0 saturated heterocycles. The second-order valence-electron chi connectivity index (χ2n) is 3.70. The fraction of sp³-hybridized carbons (Fsp3) is 0.417. The standard InChI is InChI=1S/C12H17N3O.2ClH/c13-8-11-3-1-10(2-4-11)7-12(14)9-15-5-6-16;;/h1-4,12,15-16H,5-7,9,14H2;2*1H. The third-order valence-corrected chi connectivity index (χ3v) is 2.28. The lowest BCUT2D eigenvalue weighted by atomic mass is 10.1. The number of nitrogens with one attached hydrogen (secondary N) is 1. The van der Waals surface area contributed by atoms with Gasteiger partial charge in [0.1, 0.15) is 0 Å². The molecule has 0 aliphatic rings. The van der Waals surface area contributed by atoms with Crippen LogP contribution >= 0.6 is 24.8 Å². The summed E-state index contributed by atoms with van der Waals surface area (Å²) in [6, 6.07) is 9.54. The van der Waals surface area contributed by atoms with Gasteiger partial charge in [-0.3, -0.25) is 0 Å². The molecule has 102 valence electrons. The van der Waals surface area contributed by atoms with Crippen LogP contribution < -0.4 is 11.1 Å². The first-order valence-electron chi connectivity index (χ1n) is 5.32. The monoisotopic (exact) mass is 291 g/mol. The molecule has 1 rings (SSSR count). The SMILES string of the molecule is Cl.Cl.N#Cc1ccc(CC(N)CNCCO)cc1. The summed E-state index contributed by atoms with van der Waals surface area (Å²) in [5.74, 6) is 0. The molecule has 6 heteroatoms. The molecule has 18 heavy (non-hydrogen) atoms. The lowest BCUT2D eigenvalue weighted by Gasteiger charge is -2.12. The lowest BCUT2D eigenvalue weighted by Crippen LogP contribution is -2.36. The zero-order valence-corrected chi connectivity index (χ0v) is 11.6. The Hall–Kier alpha value is -0.830. The average Bonchev–Trinajstić information content (AvgIpc) is 2.30. The van der Waals surface area contributed by atoms with Gasteiger partial charge in [-0.25, -0.2) is 0 Å². The smallest absolute Gasteiger partial charge is 0.0991 e. The van der Waals surface area contributed by atoms with Crippen LogP contribution in [0.25, 0.3) is 0 Å². The first-order valence-corrected chi connectivity index (χ1v) is 5.32. The van der Waals surface area contributed by atoms with Gasteiger partial charge < -0.3 is 16.2 Å². The Balaban J connectivity index is 0. The Labute approximate surface area is 120 Å². The summed E-state index contributed by atoms with van der Waals surface area (Å²) in [4.78, 5) is 0. The van der Waals surface area contributed by atoms with Crippen LogP contribution in [0.4, 0.5) is 0 Å². The minimum Gasteiger partial charge on any atom is -0.395 e. The van der Waals surface area contributed by atoms with E-state index in [1.807, 2.05) is 12.1 Å². The first kappa shape index (κ1) is 19.5. The van der Waals surface area contributed by atoms with Crippen LogP contribution in [0.3, 0.4) is 0 Å². The van der Waals surface area contributed by atoms with Crippen LogP contribution in [0.5, 0.6) is 0 Å². The molecule has 4 nitrogen and oxygen atoms in total. The van der Waals surface area contributed by atoms with Crippen molar-refractivity contribution in [1.29, 1.82) is 5.26 Å². The van der Waals surface area contributed by atoms with Crippen LogP contribution in [-0.2, 0) is 6.42 Å². The highest BCUT2D eigenvalue weighted by molar-refractivity contribution is 5.85. The number of benzene rings is 1. The number of halogens is 2. The maximum absolute atomic E-state index is 8.65. The van der Waals surface area contributed by atoms with E-state index in [-0.39, 0.29) is 37.5 Å². The minimum absolute atomic E-state index is 0. The van der Waals surface area contributed by atoms with Crippen molar-refractivity contribution in [3.05, 3.63) is 35.4 Å². The van der Waals surface area contributed by atoms with Crippen molar-refractivity contribution in [2.45, 2.75) is 12.5 Å². The third kappa shape index (κ3) is 7.49. The highest BCUT2D eigenvalue weighted by atomic mass is 35.5. The molecular weight excluding hydrogens is 273 g/mol. The molecule has 0 amide bonds. The number of aliphatic hydroxyl groups is 1. The molecule has 0 saturated carbocycles. The first-order chi connectivity index (χ1) is 7.76. The molecule has 1 aromatic rings. The second kappa shape index (κ2) is 11.3. The number of aliphatic hydroxyl groups excluding tert-OH is 1. The van der Waals surface area contributed by atoms with Crippen molar-refractivity contribution in [2.24, 2.45) is 5.73 Å². The number of nitriles is 1. The molecule has 1 atom stereocenters. The molecule has 0 heterocycles. The van der Waals surface area contributed by atoms with E-state index in [2.05, 4.69) is 11.4 Å². The van der Waals surface area contributed by atoms with Crippen molar-refractivity contribution < 1.29 is 5.11 Å². The molecular formula is C12H19Cl2N3O. The van der Waals surface area contributed by atoms with Gasteiger partial charge >= 0.3 is 0 Å². The summed E-state index contributed by atoms with van der Waals surface area (Å²) >= 11 is 0. The fourth-order valence-electron chi connectivity index (χ4n) is 1.46. The van der Waals surface area contributed by atoms with Crippen LogP contribution in [0.15, 0.2) is 24.3 Å². The normalized spacial score (nSPS) is 10.7. The van der Waals surface area contributed by atoms with Gasteiger partial charge in [-0.1, -0.05) is 12.1 Å². The molecule has 1 aromatic carbocycles. The average molecular weight is 292 g/mol. The molecule has 0 aromatic heterocycles. The van der Waals surface area contributed by atoms with Crippen LogP contribution in [0.2, 0.25) is 0 Å². The third-order valence-electron chi connectivity index (χ3n) is 2.28. The van der Waals surface area contributed by atoms with Gasteiger partial charge in [0.05, 0.1) is 18.2 Å². The highest BCUT2D eigenvalue weighted by Crippen LogP contribution is 2.05. The second-order valence-corrected chi connectivity index (χ2v) is 3.70. The zero-order valence-electron chi connectivity index (χ0n) is 10.0. The van der Waals surface area contributed by atoms with Crippen LogP contribution in [-0.4, -0.2) is 30.8 Å². The predicted octanol–water partition coefficient (Wildman–Crippen LogP) is 0.854. The summed E-state index contributed by atoms with van der Waals surface area (Å²) in [7, 11) is 0. The van der Waals surface area contributed by atoms with Crippen molar-refractivity contribution in [3.8, 4) is 6.07 Å². The summed E-state index contributed by atoms with van der Waals surface area (Å²) in [6.07, 6.45) is 0.768. The number of hydrogen-bond donors (Lipinski definition) is 3. The Morgan fingerprint density at radius 1 is 1.28 bits per heavy atom. The summed E-state index contributed by atoms with van der Waals surface area (Å²) in [5, 5.41) is 20.3. The zero-order chi connectivity index (χ0) is 11.8. The molecule has 4 N–H and O–H groups in total. The lowest BCUT2D eigenvalue weighted by molar-refractivity contribution is 0.291. The van der Waals surface area contributed by atoms with Crippen molar-refractivity contribution in [1.82, 2.24) is 5.32 Å². The van der Waals surface area contributed by atoms with Gasteiger partial charge in [0.15, 0.2) is 0 Å². The van der Waals surface area contributed by atoms with E-state index in [0.717, 1.165) is 12.0 Å². The van der Waals surface area contributed by atoms with E-state index in [1.54, 1.807) is 12.1 Å². The summed E-state index contributed by atoms with van der Waals surface area (Å²) < 4.78 is 0. The Kier molecular flexibility index (Phi) is 12.2. The van der Waals surface area contributed by atoms with Crippen molar-refractivity contribution in [2.75, 3.05) is 19.7 Å². The Morgan fingerprint density at radius 2 is 1.89 bits per heavy atom. The number of nitrogens with two attached hydrogens (primary N) is 1. The molecule has 0 fully saturated rings. The Bertz CT molecular complexity index is 351. The van der Waals surface area contributed by atoms with E-state index in [9.17, 15) is 0 Å². The van der Waals surface area contributed by atoms with E-state index in [4.69, 9.17) is 16.1 Å². The topological polar surface area (TPSA) is 82.1 Å². The molecule has 0 bridgehead atoms.